The number of rotatable bonds is 5. The molecule has 96 valence electrons. The smallest absolute Gasteiger partial charge is 0.108 e. The molecule has 17 heavy (non-hydrogen) atoms. The Bertz CT molecular complexity index is 331. The van der Waals surface area contributed by atoms with E-state index in [-0.39, 0.29) is 6.61 Å². The average Bonchev–Trinajstić information content (AvgIpc) is 2.80. The summed E-state index contributed by atoms with van der Waals surface area (Å²) in [7, 11) is 0. The van der Waals surface area contributed by atoms with Crippen LogP contribution in [0.25, 0.3) is 0 Å². The molecule has 0 atom stereocenters. The number of aliphatic hydroxyl groups is 1. The fraction of sp³-hybridized carbons (Fsp3) is 0.833. The lowest BCUT2D eigenvalue weighted by Crippen LogP contribution is -2.35. The average molecular weight is 238 g/mol. The first-order valence-corrected chi connectivity index (χ1v) is 6.54. The molecule has 1 aliphatic rings. The van der Waals surface area contributed by atoms with Crippen molar-refractivity contribution in [2.24, 2.45) is 5.92 Å². The molecule has 0 spiro atoms. The zero-order valence-corrected chi connectivity index (χ0v) is 10.5. The van der Waals surface area contributed by atoms with Gasteiger partial charge in [-0.05, 0) is 44.8 Å². The van der Waals surface area contributed by atoms with E-state index in [9.17, 15) is 0 Å². The van der Waals surface area contributed by atoms with Crippen molar-refractivity contribution in [2.75, 3.05) is 19.6 Å². The first kappa shape index (κ1) is 12.5. The maximum Gasteiger partial charge on any atom is 0.108 e. The second-order valence-corrected chi connectivity index (χ2v) is 4.88. The fourth-order valence-corrected chi connectivity index (χ4v) is 2.47. The van der Waals surface area contributed by atoms with E-state index in [1.807, 2.05) is 10.9 Å². The summed E-state index contributed by atoms with van der Waals surface area (Å²) in [5.74, 6) is 0.705. The molecule has 0 bridgehead atoms. The molecule has 0 aliphatic carbocycles. The normalized spacial score (nSPS) is 18.7. The number of hydrogen-bond donors (Lipinski definition) is 1. The number of hydrogen-bond acceptors (Lipinski definition) is 4. The summed E-state index contributed by atoms with van der Waals surface area (Å²) in [4.78, 5) is 2.54. The van der Waals surface area contributed by atoms with Crippen molar-refractivity contribution < 1.29 is 5.11 Å². The Morgan fingerprint density at radius 3 is 2.76 bits per heavy atom. The van der Waals surface area contributed by atoms with E-state index in [0.717, 1.165) is 6.54 Å². The minimum absolute atomic E-state index is 0.0189. The summed E-state index contributed by atoms with van der Waals surface area (Å²) in [5, 5.41) is 16.9. The van der Waals surface area contributed by atoms with E-state index < -0.39 is 0 Å². The zero-order valence-electron chi connectivity index (χ0n) is 10.5. The molecular weight excluding hydrogens is 216 g/mol. The maximum atomic E-state index is 8.93. The van der Waals surface area contributed by atoms with Crippen molar-refractivity contribution in [1.82, 2.24) is 19.9 Å². The lowest BCUT2D eigenvalue weighted by Gasteiger charge is -2.31. The summed E-state index contributed by atoms with van der Waals surface area (Å²) in [5.41, 5.74) is 0.661. The highest BCUT2D eigenvalue weighted by atomic mass is 16.3. The van der Waals surface area contributed by atoms with Gasteiger partial charge in [0, 0.05) is 6.54 Å². The van der Waals surface area contributed by atoms with Gasteiger partial charge >= 0.3 is 0 Å². The predicted molar refractivity (Wildman–Crippen MR) is 65.4 cm³/mol. The van der Waals surface area contributed by atoms with Crippen LogP contribution in [0.5, 0.6) is 0 Å². The van der Waals surface area contributed by atoms with Crippen LogP contribution in [0.3, 0.4) is 0 Å². The van der Waals surface area contributed by atoms with Gasteiger partial charge in [0.15, 0.2) is 0 Å². The Balaban J connectivity index is 1.77. The first-order chi connectivity index (χ1) is 8.31. The molecule has 0 amide bonds. The highest BCUT2D eigenvalue weighted by molar-refractivity contribution is 4.89. The monoisotopic (exact) mass is 238 g/mol. The Labute approximate surface area is 102 Å². The van der Waals surface area contributed by atoms with Gasteiger partial charge in [-0.25, -0.2) is 0 Å². The molecule has 0 unspecified atom stereocenters. The molecule has 1 N–H and O–H groups in total. The SMILES string of the molecule is CCCN1CCC(Cn2cc(CO)nn2)CC1. The van der Waals surface area contributed by atoms with Crippen LogP contribution in [0, 0.1) is 5.92 Å². The third-order valence-corrected chi connectivity index (χ3v) is 3.44. The van der Waals surface area contributed by atoms with Crippen molar-refractivity contribution >= 4 is 0 Å². The number of nitrogens with zero attached hydrogens (tertiary/aromatic N) is 4. The van der Waals surface area contributed by atoms with E-state index in [0.29, 0.717) is 11.6 Å². The quantitative estimate of drug-likeness (QED) is 0.828. The van der Waals surface area contributed by atoms with Crippen LogP contribution in [-0.4, -0.2) is 44.6 Å². The molecule has 2 heterocycles. The van der Waals surface area contributed by atoms with E-state index >= 15 is 0 Å². The van der Waals surface area contributed by atoms with Crippen LogP contribution in [0.2, 0.25) is 0 Å². The summed E-state index contributed by atoms with van der Waals surface area (Å²) in [6.45, 7) is 6.80. The van der Waals surface area contributed by atoms with Gasteiger partial charge in [-0.1, -0.05) is 12.1 Å². The van der Waals surface area contributed by atoms with Gasteiger partial charge in [0.05, 0.1) is 12.8 Å². The largest absolute Gasteiger partial charge is 0.390 e. The molecule has 0 aromatic carbocycles. The Hall–Kier alpha value is -0.940. The molecular formula is C12H22N4O. The lowest BCUT2D eigenvalue weighted by atomic mass is 9.97. The van der Waals surface area contributed by atoms with Crippen molar-refractivity contribution in [3.8, 4) is 0 Å². The maximum absolute atomic E-state index is 8.93. The van der Waals surface area contributed by atoms with E-state index in [2.05, 4.69) is 22.1 Å². The number of aromatic nitrogens is 3. The van der Waals surface area contributed by atoms with Gasteiger partial charge in [-0.2, -0.15) is 0 Å². The van der Waals surface area contributed by atoms with Gasteiger partial charge in [-0.3, -0.25) is 4.68 Å². The van der Waals surface area contributed by atoms with Gasteiger partial charge < -0.3 is 10.0 Å². The molecule has 1 fully saturated rings. The topological polar surface area (TPSA) is 54.2 Å². The third-order valence-electron chi connectivity index (χ3n) is 3.44. The summed E-state index contributed by atoms with van der Waals surface area (Å²) in [6, 6.07) is 0. The number of piperidine rings is 1. The summed E-state index contributed by atoms with van der Waals surface area (Å²) < 4.78 is 1.87. The van der Waals surface area contributed by atoms with Crippen LogP contribution in [0.4, 0.5) is 0 Å². The van der Waals surface area contributed by atoms with Crippen molar-refractivity contribution in [1.29, 1.82) is 0 Å². The first-order valence-electron chi connectivity index (χ1n) is 6.54. The molecule has 5 nitrogen and oxygen atoms in total. The minimum atomic E-state index is -0.0189. The second kappa shape index (κ2) is 6.12. The zero-order chi connectivity index (χ0) is 12.1. The van der Waals surface area contributed by atoms with Gasteiger partial charge in [-0.15, -0.1) is 5.10 Å². The highest BCUT2D eigenvalue weighted by Crippen LogP contribution is 2.18. The lowest BCUT2D eigenvalue weighted by molar-refractivity contribution is 0.171. The van der Waals surface area contributed by atoms with Gasteiger partial charge in [0.1, 0.15) is 5.69 Å². The van der Waals surface area contributed by atoms with Gasteiger partial charge in [0.2, 0.25) is 0 Å². The van der Waals surface area contributed by atoms with Crippen LogP contribution in [0.1, 0.15) is 31.9 Å². The molecule has 1 aliphatic heterocycles. The molecule has 0 radical (unpaired) electrons. The summed E-state index contributed by atoms with van der Waals surface area (Å²) in [6.07, 6.45) is 5.58. The summed E-state index contributed by atoms with van der Waals surface area (Å²) >= 11 is 0. The third kappa shape index (κ3) is 3.51. The van der Waals surface area contributed by atoms with E-state index in [1.165, 1.54) is 38.9 Å². The van der Waals surface area contributed by atoms with Crippen molar-refractivity contribution in [3.05, 3.63) is 11.9 Å². The molecule has 5 heteroatoms. The van der Waals surface area contributed by atoms with Crippen molar-refractivity contribution in [2.45, 2.75) is 39.3 Å². The highest BCUT2D eigenvalue weighted by Gasteiger charge is 2.19. The van der Waals surface area contributed by atoms with E-state index in [4.69, 9.17) is 5.11 Å². The fourth-order valence-electron chi connectivity index (χ4n) is 2.47. The number of aliphatic hydroxyl groups excluding tert-OH is 1. The Morgan fingerprint density at radius 1 is 1.41 bits per heavy atom. The minimum Gasteiger partial charge on any atom is -0.390 e. The number of likely N-dealkylation sites (tertiary alicyclic amines) is 1. The van der Waals surface area contributed by atoms with Crippen LogP contribution < -0.4 is 0 Å². The van der Waals surface area contributed by atoms with Crippen LogP contribution >= 0.6 is 0 Å². The van der Waals surface area contributed by atoms with E-state index in [1.54, 1.807) is 0 Å². The standard InChI is InChI=1S/C12H22N4O/c1-2-5-15-6-3-11(4-7-15)8-16-9-12(10-17)13-14-16/h9,11,17H,2-8,10H2,1H3. The Morgan fingerprint density at radius 2 is 2.18 bits per heavy atom. The van der Waals surface area contributed by atoms with Crippen LogP contribution in [0.15, 0.2) is 6.20 Å². The molecule has 1 saturated heterocycles. The second-order valence-electron chi connectivity index (χ2n) is 4.88. The predicted octanol–water partition coefficient (Wildman–Crippen LogP) is 0.892. The van der Waals surface area contributed by atoms with Crippen molar-refractivity contribution in [3.63, 3.8) is 0 Å². The molecule has 2 rings (SSSR count). The molecule has 1 aromatic rings. The Kier molecular flexibility index (Phi) is 4.50. The molecule has 1 aromatic heterocycles. The van der Waals surface area contributed by atoms with Crippen LogP contribution in [-0.2, 0) is 13.2 Å². The molecule has 0 saturated carbocycles. The van der Waals surface area contributed by atoms with Gasteiger partial charge in [0.25, 0.3) is 0 Å².